The topological polar surface area (TPSA) is 48.4 Å². The van der Waals surface area contributed by atoms with Crippen LogP contribution in [0.25, 0.3) is 0 Å². The molecular formula is C11H12BrNO3. The van der Waals surface area contributed by atoms with Crippen molar-refractivity contribution in [2.75, 3.05) is 7.11 Å². The highest BCUT2D eigenvalue weighted by molar-refractivity contribution is 9.10. The molecule has 4 nitrogen and oxygen atoms in total. The van der Waals surface area contributed by atoms with Gasteiger partial charge in [-0.05, 0) is 28.8 Å². The summed E-state index contributed by atoms with van der Waals surface area (Å²) in [6.45, 7) is 1.41. The lowest BCUT2D eigenvalue weighted by atomic mass is 10.2. The highest BCUT2D eigenvalue weighted by atomic mass is 79.9. The molecule has 0 N–H and O–H groups in total. The van der Waals surface area contributed by atoms with E-state index in [1.807, 2.05) is 0 Å². The van der Waals surface area contributed by atoms with Crippen LogP contribution in [0.2, 0.25) is 0 Å². The monoisotopic (exact) mass is 285 g/mol. The first-order chi connectivity index (χ1) is 7.63. The number of carbonyl (C=O) groups is 1. The SMILES string of the molecule is COc1c(Br)cnc2c1CCC2OC(C)=O. The fourth-order valence-electron chi connectivity index (χ4n) is 1.99. The molecule has 16 heavy (non-hydrogen) atoms. The summed E-state index contributed by atoms with van der Waals surface area (Å²) in [4.78, 5) is 15.2. The lowest BCUT2D eigenvalue weighted by Crippen LogP contribution is -2.06. The summed E-state index contributed by atoms with van der Waals surface area (Å²) in [5.74, 6) is 0.515. The quantitative estimate of drug-likeness (QED) is 0.783. The average Bonchev–Trinajstić information content (AvgIpc) is 2.60. The smallest absolute Gasteiger partial charge is 0.303 e. The number of hydrogen-bond donors (Lipinski definition) is 0. The van der Waals surface area contributed by atoms with E-state index in [0.29, 0.717) is 0 Å². The number of halogens is 1. The zero-order chi connectivity index (χ0) is 11.7. The van der Waals surface area contributed by atoms with E-state index < -0.39 is 0 Å². The first-order valence-corrected chi connectivity index (χ1v) is 5.81. The van der Waals surface area contributed by atoms with Crippen LogP contribution in [0.1, 0.15) is 30.7 Å². The molecule has 1 atom stereocenters. The Bertz CT molecular complexity index is 433. The van der Waals surface area contributed by atoms with Crippen LogP contribution in [0.4, 0.5) is 0 Å². The van der Waals surface area contributed by atoms with E-state index in [1.165, 1.54) is 6.92 Å². The number of carbonyl (C=O) groups excluding carboxylic acids is 1. The summed E-state index contributed by atoms with van der Waals surface area (Å²) in [6, 6.07) is 0. The highest BCUT2D eigenvalue weighted by Crippen LogP contribution is 2.40. The van der Waals surface area contributed by atoms with Crippen LogP contribution < -0.4 is 4.74 Å². The largest absolute Gasteiger partial charge is 0.495 e. The molecule has 86 valence electrons. The summed E-state index contributed by atoms with van der Waals surface area (Å²) in [5.41, 5.74) is 1.85. The van der Waals surface area contributed by atoms with Crippen LogP contribution in [0.3, 0.4) is 0 Å². The summed E-state index contributed by atoms with van der Waals surface area (Å²) >= 11 is 3.39. The molecule has 1 aromatic heterocycles. The second-order valence-corrected chi connectivity index (χ2v) is 4.49. The minimum Gasteiger partial charge on any atom is -0.495 e. The van der Waals surface area contributed by atoms with E-state index in [4.69, 9.17) is 9.47 Å². The van der Waals surface area contributed by atoms with Crippen molar-refractivity contribution in [3.8, 4) is 5.75 Å². The third-order valence-electron chi connectivity index (χ3n) is 2.59. The van der Waals surface area contributed by atoms with Crippen LogP contribution in [-0.2, 0) is 16.0 Å². The Labute approximate surface area is 102 Å². The standard InChI is InChI=1S/C11H12BrNO3/c1-6(14)16-9-4-3-7-10(9)13-5-8(12)11(7)15-2/h5,9H,3-4H2,1-2H3. The molecular weight excluding hydrogens is 274 g/mol. The van der Waals surface area contributed by atoms with Gasteiger partial charge in [-0.15, -0.1) is 0 Å². The van der Waals surface area contributed by atoms with Gasteiger partial charge in [0.05, 0.1) is 17.3 Å². The van der Waals surface area contributed by atoms with Crippen molar-refractivity contribution in [2.24, 2.45) is 0 Å². The fourth-order valence-corrected chi connectivity index (χ4v) is 2.49. The molecule has 2 rings (SSSR count). The number of methoxy groups -OCH3 is 1. The molecule has 0 saturated heterocycles. The van der Waals surface area contributed by atoms with Gasteiger partial charge in [-0.2, -0.15) is 0 Å². The van der Waals surface area contributed by atoms with Gasteiger partial charge in [-0.1, -0.05) is 0 Å². The second kappa shape index (κ2) is 4.41. The maximum Gasteiger partial charge on any atom is 0.303 e. The first kappa shape index (κ1) is 11.4. The van der Waals surface area contributed by atoms with Crippen LogP contribution in [0.15, 0.2) is 10.7 Å². The number of hydrogen-bond acceptors (Lipinski definition) is 4. The molecule has 0 radical (unpaired) electrons. The van der Waals surface area contributed by atoms with Crippen molar-refractivity contribution in [2.45, 2.75) is 25.9 Å². The molecule has 0 aliphatic heterocycles. The van der Waals surface area contributed by atoms with Gasteiger partial charge in [0.1, 0.15) is 11.9 Å². The zero-order valence-corrected chi connectivity index (χ0v) is 10.7. The number of ether oxygens (including phenoxy) is 2. The predicted molar refractivity (Wildman–Crippen MR) is 61.3 cm³/mol. The van der Waals surface area contributed by atoms with E-state index in [0.717, 1.165) is 34.3 Å². The first-order valence-electron chi connectivity index (χ1n) is 5.02. The van der Waals surface area contributed by atoms with Crippen LogP contribution >= 0.6 is 15.9 Å². The van der Waals surface area contributed by atoms with Crippen molar-refractivity contribution in [3.63, 3.8) is 0 Å². The molecule has 0 amide bonds. The molecule has 1 aromatic rings. The molecule has 0 saturated carbocycles. The molecule has 1 unspecified atom stereocenters. The van der Waals surface area contributed by atoms with Gasteiger partial charge in [-0.25, -0.2) is 0 Å². The lowest BCUT2D eigenvalue weighted by Gasteiger charge is -2.12. The third-order valence-corrected chi connectivity index (χ3v) is 3.16. The van der Waals surface area contributed by atoms with Crippen LogP contribution in [0.5, 0.6) is 5.75 Å². The minimum atomic E-state index is -0.276. The Morgan fingerprint density at radius 2 is 2.38 bits per heavy atom. The molecule has 1 aliphatic carbocycles. The van der Waals surface area contributed by atoms with Gasteiger partial charge in [0.2, 0.25) is 0 Å². The van der Waals surface area contributed by atoms with Gasteiger partial charge in [0.15, 0.2) is 0 Å². The van der Waals surface area contributed by atoms with Gasteiger partial charge in [-0.3, -0.25) is 9.78 Å². The maximum atomic E-state index is 10.9. The van der Waals surface area contributed by atoms with Crippen molar-refractivity contribution >= 4 is 21.9 Å². The lowest BCUT2D eigenvalue weighted by molar-refractivity contribution is -0.146. The van der Waals surface area contributed by atoms with Crippen LogP contribution in [-0.4, -0.2) is 18.1 Å². The average molecular weight is 286 g/mol. The zero-order valence-electron chi connectivity index (χ0n) is 9.12. The highest BCUT2D eigenvalue weighted by Gasteiger charge is 2.30. The van der Waals surface area contributed by atoms with Crippen molar-refractivity contribution in [3.05, 3.63) is 21.9 Å². The third kappa shape index (κ3) is 1.91. The maximum absolute atomic E-state index is 10.9. The number of aromatic nitrogens is 1. The summed E-state index contributed by atoms with van der Waals surface area (Å²) in [6.07, 6.45) is 3.05. The number of esters is 1. The minimum absolute atomic E-state index is 0.227. The molecule has 0 bridgehead atoms. The number of nitrogens with zero attached hydrogens (tertiary/aromatic N) is 1. The normalized spacial score (nSPS) is 18.1. The summed E-state index contributed by atoms with van der Waals surface area (Å²) in [5, 5.41) is 0. The Kier molecular flexibility index (Phi) is 3.14. The van der Waals surface area contributed by atoms with E-state index in [-0.39, 0.29) is 12.1 Å². The fraction of sp³-hybridized carbons (Fsp3) is 0.455. The summed E-state index contributed by atoms with van der Waals surface area (Å²) < 4.78 is 11.3. The Morgan fingerprint density at radius 1 is 1.62 bits per heavy atom. The van der Waals surface area contributed by atoms with E-state index in [9.17, 15) is 4.79 Å². The molecule has 1 aliphatic rings. The number of fused-ring (bicyclic) bond motifs is 1. The summed E-state index contributed by atoms with van der Waals surface area (Å²) in [7, 11) is 1.62. The second-order valence-electron chi connectivity index (χ2n) is 3.64. The van der Waals surface area contributed by atoms with Crippen LogP contribution in [0, 0.1) is 0 Å². The molecule has 0 spiro atoms. The predicted octanol–water partition coefficient (Wildman–Crippen LogP) is 2.40. The van der Waals surface area contributed by atoms with Gasteiger partial charge < -0.3 is 9.47 Å². The van der Waals surface area contributed by atoms with Gasteiger partial charge in [0, 0.05) is 18.7 Å². The Balaban J connectivity index is 2.38. The van der Waals surface area contributed by atoms with Crippen molar-refractivity contribution < 1.29 is 14.3 Å². The van der Waals surface area contributed by atoms with E-state index in [2.05, 4.69) is 20.9 Å². The molecule has 5 heteroatoms. The van der Waals surface area contributed by atoms with Crippen molar-refractivity contribution in [1.29, 1.82) is 0 Å². The van der Waals surface area contributed by atoms with Gasteiger partial charge >= 0.3 is 5.97 Å². The Morgan fingerprint density at radius 3 is 3.00 bits per heavy atom. The molecule has 0 fully saturated rings. The molecule has 0 aromatic carbocycles. The van der Waals surface area contributed by atoms with E-state index >= 15 is 0 Å². The van der Waals surface area contributed by atoms with E-state index in [1.54, 1.807) is 13.3 Å². The molecule has 1 heterocycles. The van der Waals surface area contributed by atoms with Crippen molar-refractivity contribution in [1.82, 2.24) is 4.98 Å². The number of rotatable bonds is 2. The van der Waals surface area contributed by atoms with Gasteiger partial charge in [0.25, 0.3) is 0 Å². The number of pyridine rings is 1. The Hall–Kier alpha value is -1.10.